The summed E-state index contributed by atoms with van der Waals surface area (Å²) in [6.07, 6.45) is 20.8. The highest BCUT2D eigenvalue weighted by Crippen LogP contribution is 2.70. The summed E-state index contributed by atoms with van der Waals surface area (Å²) < 4.78 is 5.08. The molecule has 0 radical (unpaired) electrons. The third-order valence-electron chi connectivity index (χ3n) is 20.7. The van der Waals surface area contributed by atoms with Crippen molar-refractivity contribution in [3.63, 3.8) is 0 Å². The molecule has 0 heterocycles. The van der Waals surface area contributed by atoms with Crippen LogP contribution < -0.4 is 0 Å². The molecule has 0 bridgehead atoms. The van der Waals surface area contributed by atoms with Crippen molar-refractivity contribution in [2.45, 2.75) is 177 Å². The van der Waals surface area contributed by atoms with Gasteiger partial charge in [0.05, 0.1) is 18.8 Å². The van der Waals surface area contributed by atoms with E-state index in [1.807, 2.05) is 13.0 Å². The highest BCUT2D eigenvalue weighted by atomic mass is 16.5. The van der Waals surface area contributed by atoms with Crippen LogP contribution in [-0.4, -0.2) is 52.8 Å². The lowest BCUT2D eigenvalue weighted by Crippen LogP contribution is -2.60. The molecule has 332 valence electrons. The van der Waals surface area contributed by atoms with Crippen LogP contribution in [-0.2, 0) is 23.9 Å². The first-order chi connectivity index (χ1) is 27.9. The number of hydrogen-bond acceptors (Lipinski definition) is 7. The summed E-state index contributed by atoms with van der Waals surface area (Å²) in [5.74, 6) is 5.28. The smallest absolute Gasteiger partial charge is 0.330 e. The van der Waals surface area contributed by atoms with Crippen molar-refractivity contribution in [1.82, 2.24) is 0 Å². The largest absolute Gasteiger partial charge is 0.463 e. The van der Waals surface area contributed by atoms with Gasteiger partial charge in [-0.3, -0.25) is 9.59 Å². The fraction of sp³-hybridized carbons (Fsp3) is 0.885. The van der Waals surface area contributed by atoms with Gasteiger partial charge in [0, 0.05) is 35.7 Å². The zero-order valence-electron chi connectivity index (χ0n) is 38.4. The molecular weight excluding hydrogens is 737 g/mol. The van der Waals surface area contributed by atoms with Gasteiger partial charge in [0.1, 0.15) is 17.9 Å². The van der Waals surface area contributed by atoms with Gasteiger partial charge in [-0.1, -0.05) is 61.5 Å². The molecule has 0 aromatic heterocycles. The van der Waals surface area contributed by atoms with Gasteiger partial charge >= 0.3 is 5.97 Å². The highest BCUT2D eigenvalue weighted by Gasteiger charge is 2.67. The van der Waals surface area contributed by atoms with Crippen molar-refractivity contribution in [1.29, 1.82) is 0 Å². The molecule has 7 heteroatoms. The minimum absolute atomic E-state index is 0.102. The van der Waals surface area contributed by atoms with Gasteiger partial charge in [0.25, 0.3) is 0 Å². The number of aliphatic hydroxyl groups is 2. The molecule has 2 N–H and O–H groups in total. The SMILES string of the molecule is CCOC(=O)/C=C/[C@@H](C)[C@H]1CCC2C3C(=O)[C@H](CC)[C@@H]4C[C@H](O)CC[C@]4(C)C3CC[C@@]21C.CC[C@H]1C(=O)C2C3CC[C@H]([C@H](C)C=O)[C@@]3(C)CCC2[C@@]2(C)CC[C@@H](O)C[C@@H]12. The molecule has 0 spiro atoms. The van der Waals surface area contributed by atoms with Crippen molar-refractivity contribution < 1.29 is 34.1 Å². The van der Waals surface area contributed by atoms with E-state index >= 15 is 0 Å². The number of aliphatic hydroxyl groups excluding tert-OH is 2. The third kappa shape index (κ3) is 7.30. The Morgan fingerprint density at radius 1 is 0.627 bits per heavy atom. The van der Waals surface area contributed by atoms with E-state index < -0.39 is 0 Å². The van der Waals surface area contributed by atoms with Crippen molar-refractivity contribution in [2.24, 2.45) is 105 Å². The topological polar surface area (TPSA) is 118 Å². The second-order valence-corrected chi connectivity index (χ2v) is 22.8. The number of ketones is 2. The van der Waals surface area contributed by atoms with Crippen molar-refractivity contribution in [3.8, 4) is 0 Å². The summed E-state index contributed by atoms with van der Waals surface area (Å²) in [6, 6.07) is 0. The Hall–Kier alpha value is -1.86. The van der Waals surface area contributed by atoms with E-state index in [0.717, 1.165) is 103 Å². The quantitative estimate of drug-likeness (QED) is 0.142. The minimum atomic E-state index is -0.255. The second kappa shape index (κ2) is 17.0. The number of hydrogen-bond donors (Lipinski definition) is 2. The maximum atomic E-state index is 14.0. The second-order valence-electron chi connectivity index (χ2n) is 22.8. The number of rotatable bonds is 8. The Bertz CT molecular complexity index is 1600. The van der Waals surface area contributed by atoms with Crippen LogP contribution in [0.3, 0.4) is 0 Å². The summed E-state index contributed by atoms with van der Waals surface area (Å²) >= 11 is 0. The van der Waals surface area contributed by atoms with E-state index in [1.165, 1.54) is 6.42 Å². The van der Waals surface area contributed by atoms with E-state index in [-0.39, 0.29) is 69.4 Å². The van der Waals surface area contributed by atoms with E-state index in [0.29, 0.717) is 71.4 Å². The molecular formula is C52H82O7. The summed E-state index contributed by atoms with van der Waals surface area (Å²) in [6.45, 7) is 20.6. The average molecular weight is 819 g/mol. The van der Waals surface area contributed by atoms with E-state index in [4.69, 9.17) is 4.74 Å². The minimum Gasteiger partial charge on any atom is -0.463 e. The molecule has 0 aliphatic heterocycles. The Morgan fingerprint density at radius 3 is 1.44 bits per heavy atom. The maximum absolute atomic E-state index is 14.0. The maximum Gasteiger partial charge on any atom is 0.330 e. The van der Waals surface area contributed by atoms with Gasteiger partial charge in [-0.15, -0.1) is 0 Å². The Morgan fingerprint density at radius 2 is 1.03 bits per heavy atom. The van der Waals surface area contributed by atoms with Gasteiger partial charge in [-0.05, 0) is 185 Å². The summed E-state index contributed by atoms with van der Waals surface area (Å²) in [7, 11) is 0. The Balaban J connectivity index is 0.000000181. The highest BCUT2D eigenvalue weighted by molar-refractivity contribution is 5.86. The molecule has 20 atom stereocenters. The van der Waals surface area contributed by atoms with Crippen LogP contribution in [0.2, 0.25) is 0 Å². The molecule has 8 fully saturated rings. The van der Waals surface area contributed by atoms with Gasteiger partial charge < -0.3 is 19.7 Å². The first-order valence-corrected chi connectivity index (χ1v) is 24.7. The van der Waals surface area contributed by atoms with Crippen molar-refractivity contribution >= 4 is 23.8 Å². The third-order valence-corrected chi connectivity index (χ3v) is 20.7. The number of Topliss-reactive ketones (excluding diaryl/α,β-unsaturated/α-hetero) is 2. The predicted molar refractivity (Wildman–Crippen MR) is 232 cm³/mol. The summed E-state index contributed by atoms with van der Waals surface area (Å²) in [5, 5.41) is 20.7. The Kier molecular flexibility index (Phi) is 13.0. The summed E-state index contributed by atoms with van der Waals surface area (Å²) in [4.78, 5) is 51.1. The predicted octanol–water partition coefficient (Wildman–Crippen LogP) is 10.2. The standard InChI is InChI=1S/C28H44O4.C24H38O3/c1-6-19-23-16-18(29)12-14-28(23,5)22-13-15-27(4)20(9-10-21(27)25(22)26(19)31)17(3)8-11-24(30)32-7-2;1-5-16-20-12-15(26)8-10-24(20,4)19-9-11-23(3)17(14(2)13-25)6-7-18(23)21(19)22(16)27/h8,11,17-23,25,29H,6-7,9-10,12-16H2,1-5H3;13-21,26H,5-12H2,1-4H3/b11-8+;/t17-,18-,19-,20-,21?,22?,23+,25?,27-,28-;14-,15-,16-,17-,18?,19?,20+,21?,23-,24-/m11/s1. The number of carbonyl (C=O) groups is 4. The van der Waals surface area contributed by atoms with Crippen LogP contribution in [0.15, 0.2) is 12.2 Å². The van der Waals surface area contributed by atoms with Crippen LogP contribution in [0.1, 0.15) is 165 Å². The fourth-order valence-corrected chi connectivity index (χ4v) is 17.7. The van der Waals surface area contributed by atoms with Crippen molar-refractivity contribution in [3.05, 3.63) is 12.2 Å². The first-order valence-electron chi connectivity index (χ1n) is 24.7. The molecule has 8 saturated carbocycles. The zero-order valence-corrected chi connectivity index (χ0v) is 38.4. The van der Waals surface area contributed by atoms with Crippen LogP contribution in [0.5, 0.6) is 0 Å². The van der Waals surface area contributed by atoms with Crippen LogP contribution in [0.4, 0.5) is 0 Å². The first kappa shape index (κ1) is 45.2. The number of fused-ring (bicyclic) bond motifs is 10. The molecule has 8 aliphatic carbocycles. The molecule has 7 nitrogen and oxygen atoms in total. The summed E-state index contributed by atoms with van der Waals surface area (Å²) in [5.41, 5.74) is 0.694. The molecule has 59 heavy (non-hydrogen) atoms. The molecule has 0 saturated heterocycles. The molecule has 8 rings (SSSR count). The number of aldehydes is 1. The van der Waals surface area contributed by atoms with Gasteiger partial charge in [-0.2, -0.15) is 0 Å². The lowest BCUT2D eigenvalue weighted by Gasteiger charge is -2.62. The van der Waals surface area contributed by atoms with E-state index in [9.17, 15) is 29.4 Å². The number of esters is 1. The molecule has 8 aliphatic rings. The van der Waals surface area contributed by atoms with Gasteiger partial charge in [-0.25, -0.2) is 4.79 Å². The average Bonchev–Trinajstić information content (AvgIpc) is 3.75. The van der Waals surface area contributed by atoms with E-state index in [1.54, 1.807) is 6.08 Å². The molecule has 0 amide bonds. The van der Waals surface area contributed by atoms with Crippen molar-refractivity contribution in [2.75, 3.05) is 6.61 Å². The Labute approximate surface area is 357 Å². The normalized spacial score (nSPS) is 49.8. The number of allylic oxidation sites excluding steroid dienone is 1. The molecule has 6 unspecified atom stereocenters. The number of ether oxygens (including phenoxy) is 1. The molecule has 0 aromatic rings. The zero-order chi connectivity index (χ0) is 42.8. The fourth-order valence-electron chi connectivity index (χ4n) is 17.7. The van der Waals surface area contributed by atoms with Crippen LogP contribution in [0, 0.1) is 105 Å². The van der Waals surface area contributed by atoms with Gasteiger partial charge in [0.15, 0.2) is 0 Å². The van der Waals surface area contributed by atoms with E-state index in [2.05, 4.69) is 55.4 Å². The van der Waals surface area contributed by atoms with Crippen LogP contribution in [0.25, 0.3) is 0 Å². The lowest BCUT2D eigenvalue weighted by atomic mass is 9.42. The van der Waals surface area contributed by atoms with Crippen LogP contribution >= 0.6 is 0 Å². The molecule has 0 aromatic carbocycles. The lowest BCUT2D eigenvalue weighted by molar-refractivity contribution is -0.173. The monoisotopic (exact) mass is 819 g/mol. The van der Waals surface area contributed by atoms with Gasteiger partial charge in [0.2, 0.25) is 0 Å². The number of carbonyl (C=O) groups excluding carboxylic acids is 4.